The number of sulfonamides is 1. The molecule has 1 amide bonds. The molecule has 0 bridgehead atoms. The van der Waals surface area contributed by atoms with Crippen molar-refractivity contribution in [2.24, 2.45) is 0 Å². The van der Waals surface area contributed by atoms with Gasteiger partial charge in [0.05, 0.1) is 25.3 Å². The molecule has 9 heteroatoms. The van der Waals surface area contributed by atoms with Crippen LogP contribution in [0.25, 0.3) is 0 Å². The molecule has 0 aliphatic carbocycles. The standard InChI is InChI=1S/C18H25N3O5S/c22-17-21(9-8-19-10-12-25-13-11-19)18(15-26-17)6-7-20(14-18)27(23,24)16-4-2-1-3-5-16/h1-5H,6-15H2. The number of hydrogen-bond donors (Lipinski definition) is 0. The van der Waals surface area contributed by atoms with Gasteiger partial charge >= 0.3 is 6.09 Å². The first-order valence-electron chi connectivity index (χ1n) is 9.31. The molecule has 8 nitrogen and oxygen atoms in total. The Morgan fingerprint density at radius 1 is 1.11 bits per heavy atom. The van der Waals surface area contributed by atoms with Gasteiger partial charge in [0.15, 0.2) is 15.3 Å². The average molecular weight is 395 g/mol. The molecule has 3 aliphatic rings. The minimum absolute atomic E-state index is 0.246. The predicted molar refractivity (Wildman–Crippen MR) is 97.8 cm³/mol. The Kier molecular flexibility index (Phi) is 5.21. The lowest BCUT2D eigenvalue weighted by Gasteiger charge is -2.34. The molecule has 4 rings (SSSR count). The Bertz CT molecular complexity index is 727. The van der Waals surface area contributed by atoms with Crippen molar-refractivity contribution in [1.82, 2.24) is 14.1 Å². The normalized spacial score (nSPS) is 29.2. The van der Waals surface area contributed by atoms with Crippen molar-refractivity contribution in [2.75, 3.05) is 59.1 Å². The minimum atomic E-state index is -3.57. The van der Waals surface area contributed by atoms with Gasteiger partial charge in [-0.05, 0) is 18.6 Å². The highest BCUT2D eigenvalue weighted by molar-refractivity contribution is 7.95. The quantitative estimate of drug-likeness (QED) is 0.686. The Morgan fingerprint density at radius 2 is 1.85 bits per heavy atom. The minimum Gasteiger partial charge on any atom is -0.593 e. The van der Waals surface area contributed by atoms with Crippen LogP contribution < -0.4 is 0 Å². The van der Waals surface area contributed by atoms with E-state index >= 15 is 0 Å². The van der Waals surface area contributed by atoms with Gasteiger partial charge in [-0.3, -0.25) is 9.80 Å². The molecule has 3 fully saturated rings. The first-order chi connectivity index (χ1) is 13.0. The van der Waals surface area contributed by atoms with E-state index in [9.17, 15) is 13.6 Å². The van der Waals surface area contributed by atoms with E-state index < -0.39 is 15.9 Å². The summed E-state index contributed by atoms with van der Waals surface area (Å²) < 4.78 is 38.0. The zero-order valence-corrected chi connectivity index (χ0v) is 16.1. The van der Waals surface area contributed by atoms with Crippen LogP contribution in [0.2, 0.25) is 0 Å². The van der Waals surface area contributed by atoms with Crippen LogP contribution in [0.1, 0.15) is 6.42 Å². The molecule has 27 heavy (non-hydrogen) atoms. The smallest absolute Gasteiger partial charge is 0.410 e. The van der Waals surface area contributed by atoms with Crippen LogP contribution in [0.15, 0.2) is 35.2 Å². The summed E-state index contributed by atoms with van der Waals surface area (Å²) in [6, 6.07) is 8.44. The third-order valence-corrected chi connectivity index (χ3v) is 7.54. The summed E-state index contributed by atoms with van der Waals surface area (Å²) in [5.74, 6) is 0. The highest BCUT2D eigenvalue weighted by Crippen LogP contribution is 2.37. The third kappa shape index (κ3) is 3.62. The van der Waals surface area contributed by atoms with Gasteiger partial charge in [0.25, 0.3) is 0 Å². The van der Waals surface area contributed by atoms with E-state index in [1.165, 1.54) is 4.31 Å². The molecule has 1 aromatic carbocycles. The van der Waals surface area contributed by atoms with Crippen LogP contribution in [-0.4, -0.2) is 89.4 Å². The van der Waals surface area contributed by atoms with E-state index in [1.54, 1.807) is 35.2 Å². The summed E-state index contributed by atoms with van der Waals surface area (Å²) in [5.41, 5.74) is -0.564. The molecule has 1 spiro atoms. The number of nitrogens with zero attached hydrogens (tertiary/aromatic N) is 3. The van der Waals surface area contributed by atoms with Crippen molar-refractivity contribution in [3.63, 3.8) is 0 Å². The van der Waals surface area contributed by atoms with Gasteiger partial charge in [0.1, 0.15) is 6.61 Å². The number of hydrogen-bond acceptors (Lipinski definition) is 6. The summed E-state index contributed by atoms with van der Waals surface area (Å²) in [5, 5.41) is 0. The van der Waals surface area contributed by atoms with Gasteiger partial charge in [-0.15, -0.1) is 4.31 Å². The van der Waals surface area contributed by atoms with E-state index in [0.717, 1.165) is 19.6 Å². The molecular weight excluding hydrogens is 370 g/mol. The fraction of sp³-hybridized carbons (Fsp3) is 0.611. The Hall–Kier alpha value is -1.52. The van der Waals surface area contributed by atoms with Crippen LogP contribution in [0.5, 0.6) is 0 Å². The number of carbonyl (C=O) groups excluding carboxylic acids is 1. The fourth-order valence-corrected chi connectivity index (χ4v) is 5.59. The zero-order chi connectivity index (χ0) is 18.9. The summed E-state index contributed by atoms with van der Waals surface area (Å²) in [6.07, 6.45) is 0.246. The largest absolute Gasteiger partial charge is 0.593 e. The zero-order valence-electron chi connectivity index (χ0n) is 15.2. The molecule has 0 radical (unpaired) electrons. The van der Waals surface area contributed by atoms with E-state index in [-0.39, 0.29) is 24.1 Å². The summed E-state index contributed by atoms with van der Waals surface area (Å²) in [4.78, 5) is 16.6. The molecule has 3 heterocycles. The van der Waals surface area contributed by atoms with Crippen LogP contribution >= 0.6 is 0 Å². The molecule has 2 atom stereocenters. The molecule has 148 valence electrons. The number of amides is 1. The average Bonchev–Trinajstić information content (AvgIpc) is 3.27. The summed E-state index contributed by atoms with van der Waals surface area (Å²) in [7, 11) is -3.57. The van der Waals surface area contributed by atoms with Crippen LogP contribution in [0.4, 0.5) is 4.79 Å². The first kappa shape index (κ1) is 18.8. The summed E-state index contributed by atoms with van der Waals surface area (Å²) >= 11 is 0. The lowest BCUT2D eigenvalue weighted by molar-refractivity contribution is 0.0318. The Morgan fingerprint density at radius 3 is 2.59 bits per heavy atom. The van der Waals surface area contributed by atoms with Crippen LogP contribution in [-0.2, 0) is 24.1 Å². The molecule has 0 saturated carbocycles. The number of cyclic esters (lactones) is 1. The third-order valence-electron chi connectivity index (χ3n) is 5.68. The van der Waals surface area contributed by atoms with Crippen molar-refractivity contribution < 1.29 is 23.0 Å². The van der Waals surface area contributed by atoms with Gasteiger partial charge < -0.3 is 14.0 Å². The lowest BCUT2D eigenvalue weighted by atomic mass is 9.99. The first-order valence-corrected chi connectivity index (χ1v) is 10.8. The van der Waals surface area contributed by atoms with Crippen molar-refractivity contribution in [3.05, 3.63) is 30.3 Å². The number of benzene rings is 1. The van der Waals surface area contributed by atoms with E-state index in [2.05, 4.69) is 4.90 Å². The molecule has 3 saturated heterocycles. The highest BCUT2D eigenvalue weighted by atomic mass is 32.3. The topological polar surface area (TPSA) is 85.4 Å². The Balaban J connectivity index is 1.46. The predicted octanol–water partition coefficient (Wildman–Crippen LogP) is 0.819. The maximum atomic E-state index is 12.9. The molecule has 1 aromatic rings. The van der Waals surface area contributed by atoms with Gasteiger partial charge in [-0.25, -0.2) is 4.79 Å². The summed E-state index contributed by atoms with van der Waals surface area (Å²) in [6.45, 7) is 5.31. The maximum Gasteiger partial charge on any atom is 0.410 e. The van der Waals surface area contributed by atoms with Gasteiger partial charge in [0.2, 0.25) is 0 Å². The van der Waals surface area contributed by atoms with Crippen molar-refractivity contribution in [3.8, 4) is 0 Å². The number of ether oxygens (including phenoxy) is 2. The molecule has 0 aromatic heterocycles. The number of rotatable bonds is 5. The fourth-order valence-electron chi connectivity index (χ4n) is 4.04. The SMILES string of the molecule is O=C1OCC2(CCN([S+](=O)([O-])c3ccccc3)C2)N1CCN1CCOCC1. The Labute approximate surface area is 160 Å². The van der Waals surface area contributed by atoms with Gasteiger partial charge in [-0.1, -0.05) is 22.4 Å². The van der Waals surface area contributed by atoms with Crippen LogP contribution in [0.3, 0.4) is 0 Å². The van der Waals surface area contributed by atoms with Gasteiger partial charge in [-0.2, -0.15) is 0 Å². The van der Waals surface area contributed by atoms with E-state index in [4.69, 9.17) is 9.47 Å². The monoisotopic (exact) mass is 395 g/mol. The second kappa shape index (κ2) is 7.48. The molecular formula is C18H25N3O5S. The van der Waals surface area contributed by atoms with Gasteiger partial charge in [0, 0.05) is 32.7 Å². The van der Waals surface area contributed by atoms with E-state index in [0.29, 0.717) is 32.7 Å². The second-order valence-corrected chi connectivity index (χ2v) is 9.22. The molecule has 2 unspecified atom stereocenters. The van der Waals surface area contributed by atoms with Crippen molar-refractivity contribution >= 4 is 16.5 Å². The van der Waals surface area contributed by atoms with Crippen molar-refractivity contribution in [1.29, 1.82) is 0 Å². The second-order valence-electron chi connectivity index (χ2n) is 7.29. The maximum absolute atomic E-state index is 12.9. The molecule has 3 aliphatic heterocycles. The van der Waals surface area contributed by atoms with E-state index in [1.807, 2.05) is 0 Å². The highest BCUT2D eigenvalue weighted by Gasteiger charge is 2.55. The lowest BCUT2D eigenvalue weighted by Crippen LogP contribution is -2.53. The van der Waals surface area contributed by atoms with Crippen LogP contribution in [0, 0.1) is 0 Å². The number of morpholine rings is 1. The number of carbonyl (C=O) groups is 1. The van der Waals surface area contributed by atoms with Crippen molar-refractivity contribution in [2.45, 2.75) is 16.9 Å². The molecule has 0 N–H and O–H groups in total.